The van der Waals surface area contributed by atoms with Crippen LogP contribution in [-0.4, -0.2) is 28.6 Å². The number of nitrogens with one attached hydrogen (secondary N) is 4. The molecule has 4 N–H and O–H groups in total. The lowest BCUT2D eigenvalue weighted by Crippen LogP contribution is -2.19. The third kappa shape index (κ3) is 5.32. The molecule has 2 heterocycles. The molecule has 2 aromatic heterocycles. The van der Waals surface area contributed by atoms with E-state index in [4.69, 9.17) is 9.15 Å². The van der Waals surface area contributed by atoms with Gasteiger partial charge in [0.05, 0.1) is 12.6 Å². The maximum Gasteiger partial charge on any atom is 0.417 e. The van der Waals surface area contributed by atoms with Crippen LogP contribution in [0.4, 0.5) is 23.1 Å². The van der Waals surface area contributed by atoms with E-state index in [1.165, 1.54) is 0 Å². The van der Waals surface area contributed by atoms with Crippen molar-refractivity contribution in [3.63, 3.8) is 0 Å². The average Bonchev–Trinajstić information content (AvgIpc) is 3.18. The number of anilines is 4. The van der Waals surface area contributed by atoms with Gasteiger partial charge in [-0.1, -0.05) is 6.92 Å². The molecule has 1 unspecified atom stereocenters. The molecule has 1 atom stereocenters. The summed E-state index contributed by atoms with van der Waals surface area (Å²) >= 11 is 0. The number of oxazole rings is 1. The molecule has 0 aliphatic carbocycles. The molecule has 4 aromatic rings. The number of aromatic nitrogens is 3. The second kappa shape index (κ2) is 9.74. The number of fused-ring (bicyclic) bond motifs is 1. The van der Waals surface area contributed by atoms with E-state index in [9.17, 15) is 4.79 Å². The van der Waals surface area contributed by atoms with Crippen LogP contribution in [0.2, 0.25) is 0 Å². The van der Waals surface area contributed by atoms with Gasteiger partial charge in [0, 0.05) is 35.2 Å². The van der Waals surface area contributed by atoms with E-state index in [1.54, 1.807) is 25.4 Å². The van der Waals surface area contributed by atoms with E-state index >= 15 is 0 Å². The summed E-state index contributed by atoms with van der Waals surface area (Å²) in [5.41, 5.74) is 4.71. The number of methoxy groups -OCH3 is 1. The monoisotopic (exact) mass is 448 g/mol. The first-order chi connectivity index (χ1) is 15.9. The number of aromatic amines is 1. The van der Waals surface area contributed by atoms with E-state index in [0.29, 0.717) is 22.9 Å². The molecular formula is C24H28N6O3. The van der Waals surface area contributed by atoms with Crippen LogP contribution in [0.15, 0.2) is 51.8 Å². The highest BCUT2D eigenvalue weighted by Gasteiger charge is 2.11. The third-order valence-electron chi connectivity index (χ3n) is 5.27. The Labute approximate surface area is 191 Å². The Balaban J connectivity index is 1.57. The van der Waals surface area contributed by atoms with Crippen LogP contribution < -0.4 is 26.4 Å². The number of aryl methyl sites for hydroxylation is 1. The van der Waals surface area contributed by atoms with Crippen LogP contribution in [-0.2, 0) is 0 Å². The standard InChI is InChI=1S/C24H28N6O3/c1-5-8-25-15(3)16-9-18(11-19(10-16)32-4)28-23-26-13-14(2)22(30-23)27-17-6-7-21-20(12-17)29-24(31)33-21/h6-7,9-13,15,25H,5,8H2,1-4H3,(H,29,31)(H2,26,27,28,30). The molecule has 9 heteroatoms. The maximum absolute atomic E-state index is 11.4. The van der Waals surface area contributed by atoms with E-state index < -0.39 is 5.76 Å². The first-order valence-corrected chi connectivity index (χ1v) is 10.9. The zero-order valence-electron chi connectivity index (χ0n) is 19.2. The van der Waals surface area contributed by atoms with Gasteiger partial charge < -0.3 is 25.1 Å². The molecule has 0 amide bonds. The van der Waals surface area contributed by atoms with Gasteiger partial charge in [-0.15, -0.1) is 0 Å². The van der Waals surface area contributed by atoms with Gasteiger partial charge in [0.15, 0.2) is 5.58 Å². The number of rotatable bonds is 9. The maximum atomic E-state index is 11.4. The largest absolute Gasteiger partial charge is 0.497 e. The van der Waals surface area contributed by atoms with Gasteiger partial charge in [0.25, 0.3) is 0 Å². The van der Waals surface area contributed by atoms with Crippen molar-refractivity contribution in [2.75, 3.05) is 24.3 Å². The van der Waals surface area contributed by atoms with Crippen molar-refractivity contribution in [3.05, 3.63) is 64.3 Å². The minimum absolute atomic E-state index is 0.182. The molecular weight excluding hydrogens is 420 g/mol. The number of hydrogen-bond donors (Lipinski definition) is 4. The zero-order chi connectivity index (χ0) is 23.4. The SMILES string of the molecule is CCCNC(C)c1cc(Nc2ncc(C)c(Nc3ccc4oc(=O)[nH]c4c3)n2)cc(OC)c1. The fraction of sp³-hybridized carbons (Fsp3) is 0.292. The number of ether oxygens (including phenoxy) is 1. The predicted octanol–water partition coefficient (Wildman–Crippen LogP) is 4.78. The molecule has 0 spiro atoms. The summed E-state index contributed by atoms with van der Waals surface area (Å²) < 4.78 is 10.6. The van der Waals surface area contributed by atoms with Crippen LogP contribution in [0, 0.1) is 6.92 Å². The van der Waals surface area contributed by atoms with Crippen molar-refractivity contribution in [1.29, 1.82) is 0 Å². The predicted molar refractivity (Wildman–Crippen MR) is 130 cm³/mol. The van der Waals surface area contributed by atoms with Gasteiger partial charge >= 0.3 is 5.76 Å². The van der Waals surface area contributed by atoms with Crippen molar-refractivity contribution in [3.8, 4) is 5.75 Å². The Morgan fingerprint density at radius 1 is 1.15 bits per heavy atom. The minimum atomic E-state index is -0.483. The van der Waals surface area contributed by atoms with E-state index in [0.717, 1.165) is 41.2 Å². The van der Waals surface area contributed by atoms with Crippen LogP contribution in [0.25, 0.3) is 11.1 Å². The van der Waals surface area contributed by atoms with Crippen molar-refractivity contribution < 1.29 is 9.15 Å². The van der Waals surface area contributed by atoms with Crippen molar-refractivity contribution in [1.82, 2.24) is 20.3 Å². The normalized spacial score (nSPS) is 12.0. The number of nitrogens with zero attached hydrogens (tertiary/aromatic N) is 2. The molecule has 4 rings (SSSR count). The highest BCUT2D eigenvalue weighted by atomic mass is 16.5. The molecule has 2 aromatic carbocycles. The second-order valence-electron chi connectivity index (χ2n) is 7.87. The van der Waals surface area contributed by atoms with Crippen molar-refractivity contribution in [2.45, 2.75) is 33.2 Å². The Hall–Kier alpha value is -3.85. The van der Waals surface area contributed by atoms with Gasteiger partial charge in [-0.25, -0.2) is 9.78 Å². The minimum Gasteiger partial charge on any atom is -0.497 e. The van der Waals surface area contributed by atoms with Crippen LogP contribution in [0.1, 0.15) is 37.4 Å². The van der Waals surface area contributed by atoms with Gasteiger partial charge in [0.2, 0.25) is 5.95 Å². The highest BCUT2D eigenvalue weighted by molar-refractivity contribution is 5.78. The lowest BCUT2D eigenvalue weighted by Gasteiger charge is -2.17. The van der Waals surface area contributed by atoms with Crippen LogP contribution in [0.3, 0.4) is 0 Å². The Morgan fingerprint density at radius 2 is 2.00 bits per heavy atom. The van der Waals surface area contributed by atoms with Crippen molar-refractivity contribution in [2.24, 2.45) is 0 Å². The lowest BCUT2D eigenvalue weighted by molar-refractivity contribution is 0.413. The zero-order valence-corrected chi connectivity index (χ0v) is 19.2. The van der Waals surface area contributed by atoms with Crippen molar-refractivity contribution >= 4 is 34.2 Å². The molecule has 0 saturated carbocycles. The number of hydrogen-bond acceptors (Lipinski definition) is 8. The molecule has 0 fully saturated rings. The Morgan fingerprint density at radius 3 is 2.79 bits per heavy atom. The summed E-state index contributed by atoms with van der Waals surface area (Å²) in [6.07, 6.45) is 2.82. The summed E-state index contributed by atoms with van der Waals surface area (Å²) in [4.78, 5) is 23.1. The fourth-order valence-corrected chi connectivity index (χ4v) is 3.47. The number of benzene rings is 2. The second-order valence-corrected chi connectivity index (χ2v) is 7.87. The van der Waals surface area contributed by atoms with E-state index in [-0.39, 0.29) is 6.04 Å². The molecule has 0 aliphatic heterocycles. The highest BCUT2D eigenvalue weighted by Crippen LogP contribution is 2.28. The molecule has 9 nitrogen and oxygen atoms in total. The molecule has 172 valence electrons. The lowest BCUT2D eigenvalue weighted by atomic mass is 10.1. The summed E-state index contributed by atoms with van der Waals surface area (Å²) in [6, 6.07) is 11.5. The van der Waals surface area contributed by atoms with Crippen LogP contribution in [0.5, 0.6) is 5.75 Å². The molecule has 33 heavy (non-hydrogen) atoms. The average molecular weight is 449 g/mol. The Kier molecular flexibility index (Phi) is 6.60. The quantitative estimate of drug-likeness (QED) is 0.289. The van der Waals surface area contributed by atoms with E-state index in [2.05, 4.69) is 50.8 Å². The first-order valence-electron chi connectivity index (χ1n) is 10.9. The van der Waals surface area contributed by atoms with E-state index in [1.807, 2.05) is 25.1 Å². The summed E-state index contributed by atoms with van der Waals surface area (Å²) in [5.74, 6) is 1.38. The van der Waals surface area contributed by atoms with Gasteiger partial charge in [-0.3, -0.25) is 4.98 Å². The molecule has 0 radical (unpaired) electrons. The summed E-state index contributed by atoms with van der Waals surface area (Å²) in [5, 5.41) is 10.1. The van der Waals surface area contributed by atoms with Gasteiger partial charge in [-0.2, -0.15) is 4.98 Å². The van der Waals surface area contributed by atoms with Gasteiger partial charge in [-0.05, 0) is 62.7 Å². The summed E-state index contributed by atoms with van der Waals surface area (Å²) in [6.45, 7) is 7.14. The fourth-order valence-electron chi connectivity index (χ4n) is 3.47. The topological polar surface area (TPSA) is 117 Å². The smallest absolute Gasteiger partial charge is 0.417 e. The first kappa shape index (κ1) is 22.3. The third-order valence-corrected chi connectivity index (χ3v) is 5.27. The Bertz CT molecular complexity index is 1310. The van der Waals surface area contributed by atoms with Crippen LogP contribution >= 0.6 is 0 Å². The van der Waals surface area contributed by atoms with Gasteiger partial charge in [0.1, 0.15) is 11.6 Å². The number of H-pyrrole nitrogens is 1. The molecule has 0 aliphatic rings. The molecule has 0 bridgehead atoms. The molecule has 0 saturated heterocycles. The summed E-state index contributed by atoms with van der Waals surface area (Å²) in [7, 11) is 1.65.